The highest BCUT2D eigenvalue weighted by Crippen LogP contribution is 2.66. The Balaban J connectivity index is 2.98. The van der Waals surface area contributed by atoms with Gasteiger partial charge in [-0.1, -0.05) is 51.0 Å². The van der Waals surface area contributed by atoms with Gasteiger partial charge in [0.25, 0.3) is 0 Å². The van der Waals surface area contributed by atoms with Gasteiger partial charge in [0.15, 0.2) is 22.8 Å². The summed E-state index contributed by atoms with van der Waals surface area (Å²) in [6.45, 7) is 18.7. The van der Waals surface area contributed by atoms with E-state index in [0.717, 1.165) is 11.1 Å². The number of hydrogen-bond donors (Lipinski definition) is 2. The molecule has 36 heavy (non-hydrogen) atoms. The van der Waals surface area contributed by atoms with E-state index in [1.807, 2.05) is 54.5 Å². The fraction of sp³-hybridized carbons (Fsp3) is 0.710. The van der Waals surface area contributed by atoms with Crippen LogP contribution in [0.5, 0.6) is 0 Å². The maximum Gasteiger partial charge on any atom is 0.183 e. The van der Waals surface area contributed by atoms with Crippen LogP contribution in [-0.4, -0.2) is 33.2 Å². The molecule has 2 N–H and O–H groups in total. The maximum absolute atomic E-state index is 14.7. The van der Waals surface area contributed by atoms with Crippen LogP contribution < -0.4 is 0 Å². The van der Waals surface area contributed by atoms with Gasteiger partial charge in [-0.25, -0.2) is 0 Å². The summed E-state index contributed by atoms with van der Waals surface area (Å²) < 4.78 is 0. The van der Waals surface area contributed by atoms with Crippen LogP contribution in [0.25, 0.3) is 0 Å². The number of carbonyl (C=O) groups excluding carboxylic acids is 3. The van der Waals surface area contributed by atoms with E-state index in [1.165, 1.54) is 0 Å². The predicted octanol–water partition coefficient (Wildman–Crippen LogP) is 6.85. The summed E-state index contributed by atoms with van der Waals surface area (Å²) in [5.41, 5.74) is -2.93. The van der Waals surface area contributed by atoms with Crippen molar-refractivity contribution < 1.29 is 24.6 Å². The molecule has 0 spiro atoms. The minimum absolute atomic E-state index is 0.113. The van der Waals surface area contributed by atoms with Crippen LogP contribution in [0.2, 0.25) is 0 Å². The van der Waals surface area contributed by atoms with Gasteiger partial charge in [0.1, 0.15) is 5.76 Å². The predicted molar refractivity (Wildman–Crippen MR) is 145 cm³/mol. The molecule has 0 aromatic rings. The third kappa shape index (κ3) is 4.92. The number of carbonyl (C=O) groups is 3. The van der Waals surface area contributed by atoms with Crippen molar-refractivity contribution in [2.24, 2.45) is 28.1 Å². The van der Waals surface area contributed by atoms with E-state index < -0.39 is 39.3 Å². The Bertz CT molecular complexity index is 994. The lowest BCUT2D eigenvalue weighted by Crippen LogP contribution is -2.70. The van der Waals surface area contributed by atoms with Gasteiger partial charge in [0.05, 0.1) is 11.0 Å². The molecule has 2 aliphatic carbocycles. The van der Waals surface area contributed by atoms with Crippen LogP contribution in [0.1, 0.15) is 108 Å². The highest BCUT2D eigenvalue weighted by molar-refractivity contribution is 6.33. The summed E-state index contributed by atoms with van der Waals surface area (Å²) in [6, 6.07) is 0. The zero-order valence-electron chi connectivity index (χ0n) is 24.2. The van der Waals surface area contributed by atoms with E-state index >= 15 is 0 Å². The Kier molecular flexibility index (Phi) is 8.72. The van der Waals surface area contributed by atoms with Crippen molar-refractivity contribution in [2.45, 2.75) is 113 Å². The Morgan fingerprint density at radius 2 is 1.67 bits per heavy atom. The SMILES string of the molecule is CCC(C)C(=O)C12C(=O)C(CCC(C)(C)O)=C(O)C(CC=C(C)C)(CC(CC=C(C)C)C1(C)C)C2=O. The standard InChI is InChI=1S/C31H48O5/c1-11-21(6)24(32)31-26(34)23(15-16-28(7,8)36)25(33)30(27(31)35,17-14-20(4)5)18-22(29(31,9)10)13-12-19(2)3/h12,14,21-22,33,36H,11,13,15-18H2,1-10H3. The van der Waals surface area contributed by atoms with E-state index in [1.54, 1.807) is 20.8 Å². The van der Waals surface area contributed by atoms with E-state index in [-0.39, 0.29) is 42.3 Å². The minimum Gasteiger partial charge on any atom is -0.511 e. The molecule has 2 bridgehead atoms. The molecular weight excluding hydrogens is 452 g/mol. The Labute approximate surface area is 218 Å². The normalized spacial score (nSPS) is 28.6. The molecule has 4 unspecified atom stereocenters. The number of aliphatic hydroxyl groups excluding tert-OH is 1. The second-order valence-corrected chi connectivity index (χ2v) is 12.9. The van der Waals surface area contributed by atoms with Gasteiger partial charge in [0.2, 0.25) is 0 Å². The largest absolute Gasteiger partial charge is 0.511 e. The van der Waals surface area contributed by atoms with Gasteiger partial charge in [-0.3, -0.25) is 14.4 Å². The number of fused-ring (bicyclic) bond motifs is 2. The first-order chi connectivity index (χ1) is 16.4. The van der Waals surface area contributed by atoms with Crippen LogP contribution >= 0.6 is 0 Å². The third-order valence-electron chi connectivity index (χ3n) is 8.80. The van der Waals surface area contributed by atoms with E-state index in [2.05, 4.69) is 6.08 Å². The highest BCUT2D eigenvalue weighted by atomic mass is 16.3. The summed E-state index contributed by atoms with van der Waals surface area (Å²) in [4.78, 5) is 43.4. The third-order valence-corrected chi connectivity index (χ3v) is 8.80. The van der Waals surface area contributed by atoms with Crippen molar-refractivity contribution in [3.63, 3.8) is 0 Å². The molecule has 0 heterocycles. The van der Waals surface area contributed by atoms with E-state index in [0.29, 0.717) is 19.3 Å². The molecule has 1 saturated carbocycles. The summed E-state index contributed by atoms with van der Waals surface area (Å²) in [5.74, 6) is -2.15. The van der Waals surface area contributed by atoms with Gasteiger partial charge in [-0.15, -0.1) is 0 Å². The molecule has 5 nitrogen and oxygen atoms in total. The fourth-order valence-electron chi connectivity index (χ4n) is 6.11. The maximum atomic E-state index is 14.7. The van der Waals surface area contributed by atoms with Crippen LogP contribution in [0, 0.1) is 28.1 Å². The van der Waals surface area contributed by atoms with Gasteiger partial charge < -0.3 is 10.2 Å². The van der Waals surface area contributed by atoms with Crippen molar-refractivity contribution >= 4 is 17.3 Å². The summed E-state index contributed by atoms with van der Waals surface area (Å²) in [7, 11) is 0. The Morgan fingerprint density at radius 3 is 2.14 bits per heavy atom. The first kappa shape index (κ1) is 30.2. The number of ketones is 3. The molecule has 2 rings (SSSR count). The zero-order valence-corrected chi connectivity index (χ0v) is 24.2. The molecule has 0 saturated heterocycles. The number of aliphatic hydroxyl groups is 2. The topological polar surface area (TPSA) is 91.7 Å². The van der Waals surface area contributed by atoms with Gasteiger partial charge >= 0.3 is 0 Å². The number of rotatable bonds is 10. The zero-order chi connectivity index (χ0) is 27.9. The van der Waals surface area contributed by atoms with Gasteiger partial charge in [0, 0.05) is 11.5 Å². The lowest BCUT2D eigenvalue weighted by molar-refractivity contribution is -0.178. The molecule has 2 aliphatic rings. The number of Topliss-reactive ketones (excluding diaryl/α,β-unsaturated/α-hetero) is 3. The number of allylic oxidation sites excluding steroid dienone is 6. The second-order valence-electron chi connectivity index (χ2n) is 12.9. The summed E-state index contributed by atoms with van der Waals surface area (Å²) >= 11 is 0. The molecule has 5 heteroatoms. The molecule has 4 atom stereocenters. The number of hydrogen-bond acceptors (Lipinski definition) is 5. The summed E-state index contributed by atoms with van der Waals surface area (Å²) in [5, 5.41) is 22.2. The van der Waals surface area contributed by atoms with E-state index in [4.69, 9.17) is 0 Å². The van der Waals surface area contributed by atoms with Crippen molar-refractivity contribution in [1.82, 2.24) is 0 Å². The molecule has 0 aliphatic heterocycles. The van der Waals surface area contributed by atoms with E-state index in [9.17, 15) is 24.6 Å². The minimum atomic E-state index is -1.86. The molecule has 0 aromatic carbocycles. The average molecular weight is 501 g/mol. The summed E-state index contributed by atoms with van der Waals surface area (Å²) in [6.07, 6.45) is 6.15. The lowest BCUT2D eigenvalue weighted by atomic mass is 9.39. The van der Waals surface area contributed by atoms with Crippen molar-refractivity contribution in [3.8, 4) is 0 Å². The van der Waals surface area contributed by atoms with Crippen molar-refractivity contribution in [2.75, 3.05) is 0 Å². The molecular formula is C31H48O5. The molecule has 1 fully saturated rings. The molecule has 0 radical (unpaired) electrons. The van der Waals surface area contributed by atoms with Crippen LogP contribution in [0.4, 0.5) is 0 Å². The Hall–Kier alpha value is -2.01. The first-order valence-corrected chi connectivity index (χ1v) is 13.5. The highest BCUT2D eigenvalue weighted by Gasteiger charge is 2.75. The smallest absolute Gasteiger partial charge is 0.183 e. The van der Waals surface area contributed by atoms with Crippen LogP contribution in [-0.2, 0) is 14.4 Å². The lowest BCUT2D eigenvalue weighted by Gasteiger charge is -2.60. The average Bonchev–Trinajstić information content (AvgIpc) is 2.75. The van der Waals surface area contributed by atoms with Crippen LogP contribution in [0.3, 0.4) is 0 Å². The molecule has 0 aromatic heterocycles. The van der Waals surface area contributed by atoms with Crippen molar-refractivity contribution in [1.29, 1.82) is 0 Å². The monoisotopic (exact) mass is 500 g/mol. The van der Waals surface area contributed by atoms with Crippen LogP contribution in [0.15, 0.2) is 34.6 Å². The van der Waals surface area contributed by atoms with Gasteiger partial charge in [-0.2, -0.15) is 0 Å². The quantitative estimate of drug-likeness (QED) is 0.253. The fourth-order valence-corrected chi connectivity index (χ4v) is 6.11. The molecule has 202 valence electrons. The molecule has 0 amide bonds. The van der Waals surface area contributed by atoms with Crippen molar-refractivity contribution in [3.05, 3.63) is 34.6 Å². The van der Waals surface area contributed by atoms with Gasteiger partial charge in [-0.05, 0) is 91.4 Å². The Morgan fingerprint density at radius 1 is 1.11 bits per heavy atom. The first-order valence-electron chi connectivity index (χ1n) is 13.5. The second kappa shape index (κ2) is 10.4.